The molecule has 0 saturated heterocycles. The number of aromatic nitrogens is 1. The molecule has 3 aromatic rings. The van der Waals surface area contributed by atoms with Crippen molar-refractivity contribution in [1.82, 2.24) is 4.98 Å². The Morgan fingerprint density at radius 1 is 1.16 bits per heavy atom. The summed E-state index contributed by atoms with van der Waals surface area (Å²) in [7, 11) is 0. The fraction of sp³-hybridized carbons (Fsp3) is 0.0625. The van der Waals surface area contributed by atoms with Crippen molar-refractivity contribution in [3.05, 3.63) is 69.8 Å². The second kappa shape index (κ2) is 4.67. The van der Waals surface area contributed by atoms with Gasteiger partial charge in [-0.1, -0.05) is 34.1 Å². The number of carbonyl (C=O) groups is 1. The van der Waals surface area contributed by atoms with E-state index in [1.165, 1.54) is 0 Å². The summed E-state index contributed by atoms with van der Waals surface area (Å²) in [4.78, 5) is 15.7. The quantitative estimate of drug-likeness (QED) is 0.696. The Balaban J connectivity index is 2.13. The van der Waals surface area contributed by atoms with E-state index in [2.05, 4.69) is 20.9 Å². The standard InChI is InChI=1S/C16H12BrNO/c1-10-6-11(8-12(17)7-10)16(19)14-9-18-15-5-3-2-4-13(14)15/h2-9,18H,1H3. The van der Waals surface area contributed by atoms with Crippen molar-refractivity contribution in [1.29, 1.82) is 0 Å². The Bertz CT molecular complexity index is 753. The summed E-state index contributed by atoms with van der Waals surface area (Å²) in [5.74, 6) is 0.0434. The van der Waals surface area contributed by atoms with Gasteiger partial charge in [-0.05, 0) is 36.8 Å². The molecule has 2 aromatic carbocycles. The molecule has 0 radical (unpaired) electrons. The Kier molecular flexibility index (Phi) is 2.99. The third-order valence-electron chi connectivity index (χ3n) is 3.14. The summed E-state index contributed by atoms with van der Waals surface area (Å²) in [6, 6.07) is 13.6. The van der Waals surface area contributed by atoms with Gasteiger partial charge >= 0.3 is 0 Å². The molecular formula is C16H12BrNO. The van der Waals surface area contributed by atoms with Gasteiger partial charge in [-0.15, -0.1) is 0 Å². The molecule has 0 aliphatic heterocycles. The van der Waals surface area contributed by atoms with Crippen molar-refractivity contribution in [2.24, 2.45) is 0 Å². The molecule has 3 rings (SSSR count). The van der Waals surface area contributed by atoms with Crippen molar-refractivity contribution in [3.63, 3.8) is 0 Å². The minimum absolute atomic E-state index is 0.0434. The van der Waals surface area contributed by atoms with Gasteiger partial charge in [0.15, 0.2) is 5.78 Å². The van der Waals surface area contributed by atoms with E-state index in [1.54, 1.807) is 6.20 Å². The van der Waals surface area contributed by atoms with E-state index >= 15 is 0 Å². The van der Waals surface area contributed by atoms with Gasteiger partial charge in [0.2, 0.25) is 0 Å². The van der Waals surface area contributed by atoms with Crippen LogP contribution < -0.4 is 0 Å². The molecule has 1 N–H and O–H groups in total. The summed E-state index contributed by atoms with van der Waals surface area (Å²) in [6.45, 7) is 1.98. The monoisotopic (exact) mass is 313 g/mol. The second-order valence-electron chi connectivity index (χ2n) is 4.59. The smallest absolute Gasteiger partial charge is 0.195 e. The predicted octanol–water partition coefficient (Wildman–Crippen LogP) is 4.47. The highest BCUT2D eigenvalue weighted by molar-refractivity contribution is 9.10. The highest BCUT2D eigenvalue weighted by atomic mass is 79.9. The van der Waals surface area contributed by atoms with Gasteiger partial charge in [-0.25, -0.2) is 0 Å². The Labute approximate surface area is 119 Å². The number of para-hydroxylation sites is 1. The van der Waals surface area contributed by atoms with Crippen molar-refractivity contribution >= 4 is 32.6 Å². The van der Waals surface area contributed by atoms with Crippen molar-refractivity contribution < 1.29 is 4.79 Å². The Morgan fingerprint density at radius 2 is 1.95 bits per heavy atom. The maximum absolute atomic E-state index is 12.6. The molecule has 0 atom stereocenters. The van der Waals surface area contributed by atoms with Crippen LogP contribution in [0.5, 0.6) is 0 Å². The minimum Gasteiger partial charge on any atom is -0.360 e. The fourth-order valence-electron chi connectivity index (χ4n) is 2.28. The fourth-order valence-corrected chi connectivity index (χ4v) is 2.89. The topological polar surface area (TPSA) is 32.9 Å². The van der Waals surface area contributed by atoms with Crippen LogP contribution in [0.25, 0.3) is 10.9 Å². The molecule has 0 aliphatic carbocycles. The molecule has 0 aliphatic rings. The van der Waals surface area contributed by atoms with E-state index in [0.29, 0.717) is 11.1 Å². The maximum Gasteiger partial charge on any atom is 0.195 e. The third-order valence-corrected chi connectivity index (χ3v) is 3.60. The van der Waals surface area contributed by atoms with Crippen LogP contribution in [0.4, 0.5) is 0 Å². The highest BCUT2D eigenvalue weighted by Crippen LogP contribution is 2.23. The van der Waals surface area contributed by atoms with Gasteiger partial charge in [0.05, 0.1) is 0 Å². The summed E-state index contributed by atoms with van der Waals surface area (Å²) in [6.07, 6.45) is 1.78. The molecule has 0 bridgehead atoms. The molecule has 94 valence electrons. The van der Waals surface area contributed by atoms with Crippen LogP contribution in [0, 0.1) is 6.92 Å². The zero-order chi connectivity index (χ0) is 13.4. The molecule has 19 heavy (non-hydrogen) atoms. The number of aryl methyl sites for hydroxylation is 1. The van der Waals surface area contributed by atoms with Gasteiger partial charge in [-0.2, -0.15) is 0 Å². The molecule has 0 spiro atoms. The first kappa shape index (κ1) is 12.2. The lowest BCUT2D eigenvalue weighted by Crippen LogP contribution is -2.00. The van der Waals surface area contributed by atoms with Crippen molar-refractivity contribution in [2.45, 2.75) is 6.92 Å². The summed E-state index contributed by atoms with van der Waals surface area (Å²) in [5, 5.41) is 0.963. The largest absolute Gasteiger partial charge is 0.360 e. The van der Waals surface area contributed by atoms with Crippen LogP contribution in [0.2, 0.25) is 0 Å². The number of halogens is 1. The van der Waals surface area contributed by atoms with E-state index in [4.69, 9.17) is 0 Å². The Hall–Kier alpha value is -1.87. The zero-order valence-electron chi connectivity index (χ0n) is 10.4. The van der Waals surface area contributed by atoms with Gasteiger partial charge in [0.25, 0.3) is 0 Å². The van der Waals surface area contributed by atoms with E-state index < -0.39 is 0 Å². The first-order valence-electron chi connectivity index (χ1n) is 6.03. The summed E-state index contributed by atoms with van der Waals surface area (Å²) in [5.41, 5.74) is 3.47. The van der Waals surface area contributed by atoms with E-state index in [1.807, 2.05) is 49.4 Å². The summed E-state index contributed by atoms with van der Waals surface area (Å²) >= 11 is 3.43. The van der Waals surface area contributed by atoms with E-state index in [9.17, 15) is 4.79 Å². The van der Waals surface area contributed by atoms with Crippen LogP contribution in [0.3, 0.4) is 0 Å². The highest BCUT2D eigenvalue weighted by Gasteiger charge is 2.14. The van der Waals surface area contributed by atoms with Gasteiger partial charge in [-0.3, -0.25) is 4.79 Å². The molecule has 0 fully saturated rings. The lowest BCUT2D eigenvalue weighted by Gasteiger charge is -2.03. The molecule has 0 unspecified atom stereocenters. The summed E-state index contributed by atoms with van der Waals surface area (Å²) < 4.78 is 0.927. The average molecular weight is 314 g/mol. The van der Waals surface area contributed by atoms with Crippen LogP contribution in [0.1, 0.15) is 21.5 Å². The third kappa shape index (κ3) is 2.22. The molecule has 0 saturated carbocycles. The number of nitrogens with one attached hydrogen (secondary N) is 1. The van der Waals surface area contributed by atoms with Crippen LogP contribution in [0.15, 0.2) is 53.1 Å². The first-order chi connectivity index (χ1) is 9.15. The number of hydrogen-bond acceptors (Lipinski definition) is 1. The van der Waals surface area contributed by atoms with Crippen LogP contribution >= 0.6 is 15.9 Å². The molecule has 1 heterocycles. The number of fused-ring (bicyclic) bond motifs is 1. The lowest BCUT2D eigenvalue weighted by atomic mass is 10.0. The minimum atomic E-state index is 0.0434. The van der Waals surface area contributed by atoms with E-state index in [0.717, 1.165) is 20.9 Å². The lowest BCUT2D eigenvalue weighted by molar-refractivity contribution is 0.104. The van der Waals surface area contributed by atoms with E-state index in [-0.39, 0.29) is 5.78 Å². The second-order valence-corrected chi connectivity index (χ2v) is 5.51. The number of benzene rings is 2. The molecular weight excluding hydrogens is 302 g/mol. The predicted molar refractivity (Wildman–Crippen MR) is 80.6 cm³/mol. The first-order valence-corrected chi connectivity index (χ1v) is 6.82. The molecule has 1 aromatic heterocycles. The van der Waals surface area contributed by atoms with Crippen molar-refractivity contribution in [3.8, 4) is 0 Å². The van der Waals surface area contributed by atoms with Gasteiger partial charge < -0.3 is 4.98 Å². The van der Waals surface area contributed by atoms with Gasteiger partial charge in [0, 0.05) is 32.7 Å². The number of rotatable bonds is 2. The number of carbonyl (C=O) groups excluding carboxylic acids is 1. The normalized spacial score (nSPS) is 10.8. The van der Waals surface area contributed by atoms with Crippen LogP contribution in [-0.4, -0.2) is 10.8 Å². The Morgan fingerprint density at radius 3 is 2.74 bits per heavy atom. The van der Waals surface area contributed by atoms with Crippen molar-refractivity contribution in [2.75, 3.05) is 0 Å². The van der Waals surface area contributed by atoms with Gasteiger partial charge in [0.1, 0.15) is 0 Å². The molecule has 2 nitrogen and oxygen atoms in total. The molecule has 0 amide bonds. The maximum atomic E-state index is 12.6. The number of hydrogen-bond donors (Lipinski definition) is 1. The average Bonchev–Trinajstić information content (AvgIpc) is 2.80. The number of ketones is 1. The zero-order valence-corrected chi connectivity index (χ0v) is 12.0. The number of H-pyrrole nitrogens is 1. The van der Waals surface area contributed by atoms with Crippen LogP contribution in [-0.2, 0) is 0 Å². The number of aromatic amines is 1. The SMILES string of the molecule is Cc1cc(Br)cc(C(=O)c2c[nH]c3ccccc23)c1. The molecule has 3 heteroatoms.